The standard InChI is InChI=1S/C17H30N2O/c1-3-5-11-20-12-10-19-13-15-7-6-8-17(16(15)14-19)18-9-4-2/h13-14,17-18H,3-12H2,1-2H3. The molecule has 114 valence electrons. The average Bonchev–Trinajstić information content (AvgIpc) is 2.88. The van der Waals surface area contributed by atoms with Gasteiger partial charge in [-0.05, 0) is 49.8 Å². The molecule has 0 bridgehead atoms. The van der Waals surface area contributed by atoms with Crippen LogP contribution in [0.1, 0.15) is 63.1 Å². The Hall–Kier alpha value is -0.800. The molecule has 0 radical (unpaired) electrons. The first-order valence-electron chi connectivity index (χ1n) is 8.34. The molecule has 3 heteroatoms. The lowest BCUT2D eigenvalue weighted by Gasteiger charge is -2.23. The van der Waals surface area contributed by atoms with Crippen molar-refractivity contribution in [1.82, 2.24) is 9.88 Å². The summed E-state index contributed by atoms with van der Waals surface area (Å²) in [6.45, 7) is 8.27. The Morgan fingerprint density at radius 3 is 2.95 bits per heavy atom. The van der Waals surface area contributed by atoms with Gasteiger partial charge >= 0.3 is 0 Å². The highest BCUT2D eigenvalue weighted by atomic mass is 16.5. The van der Waals surface area contributed by atoms with Gasteiger partial charge in [0.2, 0.25) is 0 Å². The highest BCUT2D eigenvalue weighted by Gasteiger charge is 2.21. The van der Waals surface area contributed by atoms with Crippen LogP contribution in [0.15, 0.2) is 12.4 Å². The fraction of sp³-hybridized carbons (Fsp3) is 0.765. The zero-order valence-electron chi connectivity index (χ0n) is 13.2. The van der Waals surface area contributed by atoms with Gasteiger partial charge in [-0.2, -0.15) is 0 Å². The fourth-order valence-corrected chi connectivity index (χ4v) is 2.93. The molecule has 0 fully saturated rings. The van der Waals surface area contributed by atoms with E-state index in [0.29, 0.717) is 6.04 Å². The number of aryl methyl sites for hydroxylation is 1. The smallest absolute Gasteiger partial charge is 0.0645 e. The topological polar surface area (TPSA) is 26.2 Å². The van der Waals surface area contributed by atoms with Gasteiger partial charge < -0.3 is 14.6 Å². The van der Waals surface area contributed by atoms with Gasteiger partial charge in [0.15, 0.2) is 0 Å². The number of aromatic nitrogens is 1. The van der Waals surface area contributed by atoms with Crippen LogP contribution in [0.25, 0.3) is 0 Å². The van der Waals surface area contributed by atoms with Crippen molar-refractivity contribution in [2.45, 2.75) is 65.0 Å². The van der Waals surface area contributed by atoms with Crippen molar-refractivity contribution in [2.75, 3.05) is 19.8 Å². The summed E-state index contributed by atoms with van der Waals surface area (Å²) in [5.74, 6) is 0. The lowest BCUT2D eigenvalue weighted by atomic mass is 9.91. The van der Waals surface area contributed by atoms with Crippen LogP contribution in [0.2, 0.25) is 0 Å². The summed E-state index contributed by atoms with van der Waals surface area (Å²) in [6, 6.07) is 0.570. The Balaban J connectivity index is 1.85. The SMILES string of the molecule is CCCCOCCn1cc2c(c1)C(NCCC)CCC2. The summed E-state index contributed by atoms with van der Waals surface area (Å²) in [4.78, 5) is 0. The van der Waals surface area contributed by atoms with E-state index >= 15 is 0 Å². The van der Waals surface area contributed by atoms with Gasteiger partial charge in [0.25, 0.3) is 0 Å². The molecule has 1 aliphatic rings. The molecule has 1 aliphatic carbocycles. The molecule has 1 aromatic rings. The van der Waals surface area contributed by atoms with Gasteiger partial charge in [-0.1, -0.05) is 20.3 Å². The predicted molar refractivity (Wildman–Crippen MR) is 84.1 cm³/mol. The van der Waals surface area contributed by atoms with Crippen molar-refractivity contribution in [3.63, 3.8) is 0 Å². The normalized spacial score (nSPS) is 18.2. The average molecular weight is 278 g/mol. The van der Waals surface area contributed by atoms with E-state index in [4.69, 9.17) is 4.74 Å². The monoisotopic (exact) mass is 278 g/mol. The Labute approximate surface area is 123 Å². The largest absolute Gasteiger partial charge is 0.380 e. The molecule has 3 nitrogen and oxygen atoms in total. The van der Waals surface area contributed by atoms with Gasteiger partial charge in [0, 0.05) is 31.6 Å². The number of nitrogens with zero attached hydrogens (tertiary/aromatic N) is 1. The number of rotatable bonds is 9. The number of ether oxygens (including phenoxy) is 1. The van der Waals surface area contributed by atoms with E-state index in [1.807, 2.05) is 0 Å². The molecule has 1 heterocycles. The maximum atomic E-state index is 5.67. The molecule has 0 spiro atoms. The molecule has 0 saturated heterocycles. The molecular formula is C17H30N2O. The van der Waals surface area contributed by atoms with E-state index < -0.39 is 0 Å². The molecule has 2 rings (SSSR count). The number of hydrogen-bond donors (Lipinski definition) is 1. The molecule has 1 unspecified atom stereocenters. The molecule has 20 heavy (non-hydrogen) atoms. The van der Waals surface area contributed by atoms with E-state index in [2.05, 4.69) is 36.1 Å². The van der Waals surface area contributed by atoms with Crippen LogP contribution in [0.4, 0.5) is 0 Å². The second kappa shape index (κ2) is 8.48. The second-order valence-corrected chi connectivity index (χ2v) is 5.84. The Morgan fingerprint density at radius 2 is 2.15 bits per heavy atom. The minimum atomic E-state index is 0.570. The predicted octanol–water partition coefficient (Wildman–Crippen LogP) is 3.68. The van der Waals surface area contributed by atoms with Gasteiger partial charge in [-0.25, -0.2) is 0 Å². The minimum absolute atomic E-state index is 0.570. The molecule has 0 aliphatic heterocycles. The van der Waals surface area contributed by atoms with Crippen LogP contribution in [-0.4, -0.2) is 24.3 Å². The first kappa shape index (κ1) is 15.6. The van der Waals surface area contributed by atoms with Crippen LogP contribution >= 0.6 is 0 Å². The van der Waals surface area contributed by atoms with Crippen molar-refractivity contribution >= 4 is 0 Å². The quantitative estimate of drug-likeness (QED) is 0.697. The zero-order valence-corrected chi connectivity index (χ0v) is 13.2. The zero-order chi connectivity index (χ0) is 14.2. The summed E-state index contributed by atoms with van der Waals surface area (Å²) >= 11 is 0. The summed E-state index contributed by atoms with van der Waals surface area (Å²) in [5, 5.41) is 3.68. The molecule has 1 N–H and O–H groups in total. The van der Waals surface area contributed by atoms with Crippen molar-refractivity contribution in [3.8, 4) is 0 Å². The van der Waals surface area contributed by atoms with E-state index in [1.165, 1.54) is 44.1 Å². The number of fused-ring (bicyclic) bond motifs is 1. The van der Waals surface area contributed by atoms with Crippen molar-refractivity contribution < 1.29 is 4.74 Å². The summed E-state index contributed by atoms with van der Waals surface area (Å²) in [5.41, 5.74) is 3.07. The van der Waals surface area contributed by atoms with Gasteiger partial charge in [-0.3, -0.25) is 0 Å². The van der Waals surface area contributed by atoms with Gasteiger partial charge in [-0.15, -0.1) is 0 Å². The highest BCUT2D eigenvalue weighted by molar-refractivity contribution is 5.30. The van der Waals surface area contributed by atoms with Crippen LogP contribution in [0.5, 0.6) is 0 Å². The third-order valence-electron chi connectivity index (χ3n) is 4.09. The molecular weight excluding hydrogens is 248 g/mol. The van der Waals surface area contributed by atoms with Crippen molar-refractivity contribution in [3.05, 3.63) is 23.5 Å². The van der Waals surface area contributed by atoms with Crippen LogP contribution < -0.4 is 5.32 Å². The van der Waals surface area contributed by atoms with Crippen LogP contribution in [-0.2, 0) is 17.7 Å². The van der Waals surface area contributed by atoms with E-state index in [-0.39, 0.29) is 0 Å². The third-order valence-corrected chi connectivity index (χ3v) is 4.09. The summed E-state index contributed by atoms with van der Waals surface area (Å²) in [6.07, 6.45) is 12.1. The van der Waals surface area contributed by atoms with Crippen molar-refractivity contribution in [1.29, 1.82) is 0 Å². The number of nitrogens with one attached hydrogen (secondary N) is 1. The van der Waals surface area contributed by atoms with Gasteiger partial charge in [0.05, 0.1) is 6.61 Å². The Bertz CT molecular complexity index is 386. The van der Waals surface area contributed by atoms with Crippen molar-refractivity contribution in [2.24, 2.45) is 0 Å². The highest BCUT2D eigenvalue weighted by Crippen LogP contribution is 2.30. The van der Waals surface area contributed by atoms with Crippen LogP contribution in [0.3, 0.4) is 0 Å². The molecule has 0 amide bonds. The fourth-order valence-electron chi connectivity index (χ4n) is 2.93. The van der Waals surface area contributed by atoms with E-state index in [9.17, 15) is 0 Å². The Kier molecular flexibility index (Phi) is 6.61. The van der Waals surface area contributed by atoms with E-state index in [0.717, 1.165) is 26.3 Å². The maximum Gasteiger partial charge on any atom is 0.0645 e. The second-order valence-electron chi connectivity index (χ2n) is 5.84. The lowest BCUT2D eigenvalue weighted by molar-refractivity contribution is 0.123. The van der Waals surface area contributed by atoms with Gasteiger partial charge in [0.1, 0.15) is 0 Å². The minimum Gasteiger partial charge on any atom is -0.380 e. The molecule has 0 aromatic carbocycles. The Morgan fingerprint density at radius 1 is 1.25 bits per heavy atom. The molecule has 1 atom stereocenters. The number of unbranched alkanes of at least 4 members (excludes halogenated alkanes) is 1. The molecule has 0 saturated carbocycles. The third kappa shape index (κ3) is 4.35. The first-order chi connectivity index (χ1) is 9.85. The maximum absolute atomic E-state index is 5.67. The van der Waals surface area contributed by atoms with E-state index in [1.54, 1.807) is 5.56 Å². The molecule has 1 aromatic heterocycles. The first-order valence-corrected chi connectivity index (χ1v) is 8.34. The number of hydrogen-bond acceptors (Lipinski definition) is 2. The lowest BCUT2D eigenvalue weighted by Crippen LogP contribution is -2.24. The summed E-state index contributed by atoms with van der Waals surface area (Å²) in [7, 11) is 0. The van der Waals surface area contributed by atoms with Crippen LogP contribution in [0, 0.1) is 0 Å². The summed E-state index contributed by atoms with van der Waals surface area (Å²) < 4.78 is 7.99.